The molecule has 3 aliphatic rings. The number of aliphatic hydroxyl groups is 1. The molecule has 0 spiro atoms. The summed E-state index contributed by atoms with van der Waals surface area (Å²) in [4.78, 5) is 19.5. The SMILES string of the molecule is CC(C)[C@]1(C(=O)N2CCc3ncc(C(F)(F)F)cc3C2)CC[C@@H](N[C@H]2CCOC[C@@H]2O)C1. The first-order valence-electron chi connectivity index (χ1n) is 11.5. The predicted molar refractivity (Wildman–Crippen MR) is 112 cm³/mol. The first-order chi connectivity index (χ1) is 15.1. The average molecular weight is 456 g/mol. The standard InChI is InChI=1S/C23H32F3N3O3/c1-14(2)22(6-3-17(10-22)28-19-5-8-32-13-20(19)30)21(31)29-7-4-18-15(12-29)9-16(11-27-18)23(24,25)26/h9,11,14,17,19-20,28,30H,3-8,10,12-13H2,1-2H3/t17-,19+,20+,22+/m1/s1. The molecule has 2 aliphatic heterocycles. The summed E-state index contributed by atoms with van der Waals surface area (Å²) >= 11 is 0. The lowest BCUT2D eigenvalue weighted by Crippen LogP contribution is -2.51. The third kappa shape index (κ3) is 4.52. The van der Waals surface area contributed by atoms with Crippen LogP contribution in [-0.2, 0) is 28.7 Å². The first kappa shape index (κ1) is 23.4. The fourth-order valence-electron chi connectivity index (χ4n) is 5.47. The van der Waals surface area contributed by atoms with Crippen LogP contribution in [0.1, 0.15) is 56.4 Å². The lowest BCUT2D eigenvalue weighted by atomic mass is 9.74. The summed E-state index contributed by atoms with van der Waals surface area (Å²) < 4.78 is 44.7. The minimum atomic E-state index is -4.45. The molecule has 1 aromatic rings. The Bertz CT molecular complexity index is 848. The molecule has 0 radical (unpaired) electrons. The fourth-order valence-corrected chi connectivity index (χ4v) is 5.47. The molecule has 3 heterocycles. The smallest absolute Gasteiger partial charge is 0.389 e. The molecule has 1 aliphatic carbocycles. The van der Waals surface area contributed by atoms with Gasteiger partial charge in [-0.1, -0.05) is 13.8 Å². The maximum Gasteiger partial charge on any atom is 0.417 e. The molecular weight excluding hydrogens is 423 g/mol. The summed E-state index contributed by atoms with van der Waals surface area (Å²) in [6.07, 6.45) is -0.708. The van der Waals surface area contributed by atoms with Crippen molar-refractivity contribution in [2.45, 2.75) is 76.9 Å². The molecule has 2 N–H and O–H groups in total. The van der Waals surface area contributed by atoms with Crippen LogP contribution in [0.3, 0.4) is 0 Å². The molecule has 32 heavy (non-hydrogen) atoms. The Hall–Kier alpha value is -1.71. The number of nitrogens with one attached hydrogen (secondary N) is 1. The average Bonchev–Trinajstić information content (AvgIpc) is 3.19. The molecule has 9 heteroatoms. The van der Waals surface area contributed by atoms with Gasteiger partial charge >= 0.3 is 6.18 Å². The van der Waals surface area contributed by atoms with Crippen molar-refractivity contribution in [1.82, 2.24) is 15.2 Å². The zero-order chi connectivity index (χ0) is 23.1. The molecule has 1 amide bonds. The number of amides is 1. The minimum Gasteiger partial charge on any atom is -0.389 e. The Morgan fingerprint density at radius 3 is 2.84 bits per heavy atom. The van der Waals surface area contributed by atoms with Gasteiger partial charge in [0.15, 0.2) is 0 Å². The van der Waals surface area contributed by atoms with E-state index in [0.717, 1.165) is 31.5 Å². The van der Waals surface area contributed by atoms with Gasteiger partial charge in [0.05, 0.1) is 23.7 Å². The maximum atomic E-state index is 13.7. The minimum absolute atomic E-state index is 0.0207. The third-order valence-corrected chi connectivity index (χ3v) is 7.51. The summed E-state index contributed by atoms with van der Waals surface area (Å²) in [5, 5.41) is 13.7. The summed E-state index contributed by atoms with van der Waals surface area (Å²) in [6.45, 7) is 5.65. The Kier molecular flexibility index (Phi) is 6.53. The normalized spacial score (nSPS) is 31.1. The molecule has 0 unspecified atom stereocenters. The van der Waals surface area contributed by atoms with Gasteiger partial charge in [0.1, 0.15) is 0 Å². The Balaban J connectivity index is 1.48. The largest absolute Gasteiger partial charge is 0.417 e. The van der Waals surface area contributed by atoms with E-state index in [1.165, 1.54) is 0 Å². The van der Waals surface area contributed by atoms with E-state index in [-0.39, 0.29) is 30.5 Å². The number of rotatable bonds is 4. The number of aromatic nitrogens is 1. The molecule has 6 nitrogen and oxygen atoms in total. The number of ether oxygens (including phenoxy) is 1. The zero-order valence-corrected chi connectivity index (χ0v) is 18.6. The number of carbonyl (C=O) groups is 1. The monoisotopic (exact) mass is 455 g/mol. The quantitative estimate of drug-likeness (QED) is 0.730. The number of carbonyl (C=O) groups excluding carboxylic acids is 1. The summed E-state index contributed by atoms with van der Waals surface area (Å²) in [7, 11) is 0. The van der Waals surface area contributed by atoms with Crippen LogP contribution in [0.2, 0.25) is 0 Å². The number of hydrogen-bond acceptors (Lipinski definition) is 5. The number of hydrogen-bond donors (Lipinski definition) is 2. The topological polar surface area (TPSA) is 74.7 Å². The molecule has 2 fully saturated rings. The lowest BCUT2D eigenvalue weighted by molar-refractivity contribution is -0.146. The van der Waals surface area contributed by atoms with E-state index in [1.54, 1.807) is 4.90 Å². The van der Waals surface area contributed by atoms with Crippen molar-refractivity contribution < 1.29 is 27.8 Å². The van der Waals surface area contributed by atoms with Crippen molar-refractivity contribution >= 4 is 5.91 Å². The molecule has 1 aromatic heterocycles. The first-order valence-corrected chi connectivity index (χ1v) is 11.5. The van der Waals surface area contributed by atoms with Crippen molar-refractivity contribution in [2.75, 3.05) is 19.8 Å². The highest BCUT2D eigenvalue weighted by Gasteiger charge is 2.50. The number of halogens is 3. The number of aliphatic hydroxyl groups excluding tert-OH is 1. The van der Waals surface area contributed by atoms with Gasteiger partial charge in [-0.3, -0.25) is 9.78 Å². The number of pyridine rings is 1. The van der Waals surface area contributed by atoms with E-state index in [1.807, 2.05) is 13.8 Å². The second-order valence-corrected chi connectivity index (χ2v) is 9.76. The van der Waals surface area contributed by atoms with Crippen LogP contribution in [-0.4, -0.2) is 58.8 Å². The molecule has 4 atom stereocenters. The summed E-state index contributed by atoms with van der Waals surface area (Å²) in [5.74, 6) is 0.120. The predicted octanol–water partition coefficient (Wildman–Crippen LogP) is 2.92. The molecule has 4 rings (SSSR count). The van der Waals surface area contributed by atoms with Gasteiger partial charge in [0, 0.05) is 50.1 Å². The van der Waals surface area contributed by atoms with Crippen LogP contribution in [0.4, 0.5) is 13.2 Å². The number of fused-ring (bicyclic) bond motifs is 1. The zero-order valence-electron chi connectivity index (χ0n) is 18.6. The lowest BCUT2D eigenvalue weighted by Gasteiger charge is -2.40. The van der Waals surface area contributed by atoms with Gasteiger partial charge in [0.25, 0.3) is 0 Å². The van der Waals surface area contributed by atoms with Crippen molar-refractivity contribution in [2.24, 2.45) is 11.3 Å². The van der Waals surface area contributed by atoms with E-state index in [0.29, 0.717) is 43.9 Å². The van der Waals surface area contributed by atoms with Gasteiger partial charge in [-0.15, -0.1) is 0 Å². The summed E-state index contributed by atoms with van der Waals surface area (Å²) in [5.41, 5.74) is -0.207. The van der Waals surface area contributed by atoms with Gasteiger partial charge in [-0.2, -0.15) is 13.2 Å². The highest BCUT2D eigenvalue weighted by molar-refractivity contribution is 5.83. The Morgan fingerprint density at radius 1 is 1.38 bits per heavy atom. The van der Waals surface area contributed by atoms with Crippen molar-refractivity contribution in [3.8, 4) is 0 Å². The third-order valence-electron chi connectivity index (χ3n) is 7.51. The molecule has 0 bridgehead atoms. The summed E-state index contributed by atoms with van der Waals surface area (Å²) in [6, 6.07) is 1.21. The molecule has 1 saturated carbocycles. The van der Waals surface area contributed by atoms with Gasteiger partial charge in [-0.25, -0.2) is 0 Å². The van der Waals surface area contributed by atoms with Crippen LogP contribution in [0.5, 0.6) is 0 Å². The van der Waals surface area contributed by atoms with E-state index in [9.17, 15) is 23.1 Å². The number of nitrogens with zero attached hydrogens (tertiary/aromatic N) is 2. The van der Waals surface area contributed by atoms with E-state index >= 15 is 0 Å². The molecule has 0 aromatic carbocycles. The second kappa shape index (κ2) is 8.91. The van der Waals surface area contributed by atoms with Crippen molar-refractivity contribution in [3.05, 3.63) is 29.1 Å². The molecule has 1 saturated heterocycles. The number of alkyl halides is 3. The van der Waals surface area contributed by atoms with Gasteiger partial charge < -0.3 is 20.1 Å². The second-order valence-electron chi connectivity index (χ2n) is 9.76. The highest BCUT2D eigenvalue weighted by Crippen LogP contribution is 2.46. The fraction of sp³-hybridized carbons (Fsp3) is 0.739. The molecular formula is C23H32F3N3O3. The van der Waals surface area contributed by atoms with E-state index in [4.69, 9.17) is 4.74 Å². The highest BCUT2D eigenvalue weighted by atomic mass is 19.4. The molecule has 178 valence electrons. The van der Waals surface area contributed by atoms with Crippen LogP contribution < -0.4 is 5.32 Å². The van der Waals surface area contributed by atoms with Crippen molar-refractivity contribution in [3.63, 3.8) is 0 Å². The van der Waals surface area contributed by atoms with E-state index < -0.39 is 23.3 Å². The Labute approximate surface area is 186 Å². The van der Waals surface area contributed by atoms with Gasteiger partial charge in [-0.05, 0) is 43.2 Å². The van der Waals surface area contributed by atoms with Crippen LogP contribution in [0, 0.1) is 11.3 Å². The maximum absolute atomic E-state index is 13.7. The van der Waals surface area contributed by atoms with Crippen LogP contribution >= 0.6 is 0 Å². The van der Waals surface area contributed by atoms with Gasteiger partial charge in [0.2, 0.25) is 5.91 Å². The van der Waals surface area contributed by atoms with Crippen LogP contribution in [0.25, 0.3) is 0 Å². The van der Waals surface area contributed by atoms with E-state index in [2.05, 4.69) is 10.3 Å². The Morgan fingerprint density at radius 2 is 2.16 bits per heavy atom. The van der Waals surface area contributed by atoms with Crippen molar-refractivity contribution in [1.29, 1.82) is 0 Å². The van der Waals surface area contributed by atoms with Crippen LogP contribution in [0.15, 0.2) is 12.3 Å².